The largest absolute Gasteiger partial charge is 0.433 e. The van der Waals surface area contributed by atoms with E-state index in [1.54, 1.807) is 0 Å². The van der Waals surface area contributed by atoms with E-state index in [0.29, 0.717) is 6.54 Å². The summed E-state index contributed by atoms with van der Waals surface area (Å²) >= 11 is 0. The number of hydrogen-bond acceptors (Lipinski definition) is 6. The van der Waals surface area contributed by atoms with Crippen LogP contribution in [0.25, 0.3) is 0 Å². The number of carbonyl (C=O) groups is 1. The number of unbranched alkanes of at least 4 members (excludes halogenated alkanes) is 4. The highest BCUT2D eigenvalue weighted by Gasteiger charge is 2.11. The van der Waals surface area contributed by atoms with E-state index in [-0.39, 0.29) is 17.6 Å². The van der Waals surface area contributed by atoms with Crippen molar-refractivity contribution >= 4 is 18.0 Å². The number of amides is 1. The van der Waals surface area contributed by atoms with Crippen LogP contribution >= 0.6 is 0 Å². The first kappa shape index (κ1) is 20.8. The summed E-state index contributed by atoms with van der Waals surface area (Å²) in [6, 6.07) is 2.67. The van der Waals surface area contributed by atoms with Crippen molar-refractivity contribution in [3.63, 3.8) is 0 Å². The Hall–Kier alpha value is -2.22. The topological polar surface area (TPSA) is 101 Å². The van der Waals surface area contributed by atoms with E-state index in [1.807, 2.05) is 0 Å². The third kappa shape index (κ3) is 8.99. The van der Waals surface area contributed by atoms with Crippen molar-refractivity contribution in [1.82, 2.24) is 10.3 Å². The van der Waals surface area contributed by atoms with Crippen LogP contribution in [0.3, 0.4) is 0 Å². The number of nitrogens with zero attached hydrogens (tertiary/aromatic N) is 3. The van der Waals surface area contributed by atoms with Crippen molar-refractivity contribution in [2.45, 2.75) is 52.4 Å². The molecule has 1 aromatic heterocycles. The SMILES string of the molecule is CCCCCN(CCCCC)CC(=O)N/N=C/c1ccc([N+](=O)[O-])o1. The highest BCUT2D eigenvalue weighted by molar-refractivity contribution is 5.81. The Morgan fingerprint density at radius 1 is 1.24 bits per heavy atom. The molecule has 1 heterocycles. The maximum atomic E-state index is 12.0. The number of hydrazone groups is 1. The summed E-state index contributed by atoms with van der Waals surface area (Å²) in [7, 11) is 0. The Labute approximate surface area is 148 Å². The van der Waals surface area contributed by atoms with Gasteiger partial charge >= 0.3 is 5.88 Å². The van der Waals surface area contributed by atoms with E-state index in [4.69, 9.17) is 4.42 Å². The molecule has 25 heavy (non-hydrogen) atoms. The molecular formula is C17H28N4O4. The predicted octanol–water partition coefficient (Wildman–Crippen LogP) is 3.32. The zero-order valence-corrected chi connectivity index (χ0v) is 15.1. The molecule has 0 aliphatic rings. The first-order valence-electron chi connectivity index (χ1n) is 8.85. The molecule has 0 atom stereocenters. The number of nitrogens with one attached hydrogen (secondary N) is 1. The van der Waals surface area contributed by atoms with Crippen LogP contribution in [0.15, 0.2) is 21.7 Å². The molecule has 0 spiro atoms. The van der Waals surface area contributed by atoms with Gasteiger partial charge in [-0.15, -0.1) is 0 Å². The average Bonchev–Trinajstić information content (AvgIpc) is 3.04. The van der Waals surface area contributed by atoms with Gasteiger partial charge in [0.05, 0.1) is 18.8 Å². The van der Waals surface area contributed by atoms with Gasteiger partial charge < -0.3 is 4.42 Å². The lowest BCUT2D eigenvalue weighted by Gasteiger charge is -2.21. The van der Waals surface area contributed by atoms with Crippen molar-refractivity contribution in [3.8, 4) is 0 Å². The number of nitro groups is 1. The van der Waals surface area contributed by atoms with E-state index < -0.39 is 4.92 Å². The summed E-state index contributed by atoms with van der Waals surface area (Å²) in [6.45, 7) is 6.41. The molecule has 0 aliphatic heterocycles. The van der Waals surface area contributed by atoms with Crippen LogP contribution in [0, 0.1) is 10.1 Å². The molecule has 1 rings (SSSR count). The Kier molecular flexibility index (Phi) is 10.2. The van der Waals surface area contributed by atoms with Gasteiger partial charge in [-0.05, 0) is 32.0 Å². The van der Waals surface area contributed by atoms with Crippen molar-refractivity contribution in [2.75, 3.05) is 19.6 Å². The Balaban J connectivity index is 2.42. The number of carbonyl (C=O) groups excluding carboxylic acids is 1. The van der Waals surface area contributed by atoms with Gasteiger partial charge in [-0.25, -0.2) is 5.43 Å². The second-order valence-electron chi connectivity index (χ2n) is 5.92. The van der Waals surface area contributed by atoms with Crippen LogP contribution in [0.4, 0.5) is 5.88 Å². The van der Waals surface area contributed by atoms with Crippen LogP contribution in [0.1, 0.15) is 58.1 Å². The average molecular weight is 352 g/mol. The zero-order chi connectivity index (χ0) is 18.5. The predicted molar refractivity (Wildman–Crippen MR) is 96.6 cm³/mol. The van der Waals surface area contributed by atoms with Gasteiger partial charge in [0.1, 0.15) is 4.92 Å². The van der Waals surface area contributed by atoms with Crippen LogP contribution < -0.4 is 5.43 Å². The second-order valence-corrected chi connectivity index (χ2v) is 5.92. The number of furan rings is 1. The van der Waals surface area contributed by atoms with E-state index in [2.05, 4.69) is 29.3 Å². The lowest BCUT2D eigenvalue weighted by molar-refractivity contribution is -0.402. The minimum absolute atomic E-state index is 0.203. The fraction of sp³-hybridized carbons (Fsp3) is 0.647. The molecule has 1 N–H and O–H groups in total. The number of hydrogen-bond donors (Lipinski definition) is 1. The standard InChI is InChI=1S/C17H28N4O4/c1-3-5-7-11-20(12-8-6-4-2)14-16(22)19-18-13-15-9-10-17(25-15)21(23)24/h9-10,13H,3-8,11-12,14H2,1-2H3,(H,19,22)/b18-13+. The maximum Gasteiger partial charge on any atom is 0.433 e. The van der Waals surface area contributed by atoms with Crippen LogP contribution in [0.5, 0.6) is 0 Å². The fourth-order valence-corrected chi connectivity index (χ4v) is 2.36. The van der Waals surface area contributed by atoms with Gasteiger partial charge in [-0.2, -0.15) is 5.10 Å². The summed E-state index contributed by atoms with van der Waals surface area (Å²) in [4.78, 5) is 24.1. The van der Waals surface area contributed by atoms with Crippen molar-refractivity contribution in [3.05, 3.63) is 28.0 Å². The molecule has 8 heteroatoms. The molecule has 0 bridgehead atoms. The summed E-state index contributed by atoms with van der Waals surface area (Å²) in [5.74, 6) is -0.342. The minimum Gasteiger partial charge on any atom is -0.400 e. The lowest BCUT2D eigenvalue weighted by atomic mass is 10.2. The molecule has 0 radical (unpaired) electrons. The third-order valence-electron chi connectivity index (χ3n) is 3.70. The second kappa shape index (κ2) is 12.2. The molecule has 0 fully saturated rings. The van der Waals surface area contributed by atoms with Crippen LogP contribution in [-0.2, 0) is 4.79 Å². The highest BCUT2D eigenvalue weighted by atomic mass is 16.6. The Bertz CT molecular complexity index is 547. The van der Waals surface area contributed by atoms with Gasteiger partial charge in [0.15, 0.2) is 5.76 Å². The lowest BCUT2D eigenvalue weighted by Crippen LogP contribution is -2.36. The molecule has 0 unspecified atom stereocenters. The maximum absolute atomic E-state index is 12.0. The molecule has 0 saturated carbocycles. The van der Waals surface area contributed by atoms with E-state index in [0.717, 1.165) is 51.6 Å². The van der Waals surface area contributed by atoms with E-state index >= 15 is 0 Å². The first-order valence-corrected chi connectivity index (χ1v) is 8.85. The molecule has 1 aromatic rings. The molecule has 0 saturated heterocycles. The van der Waals surface area contributed by atoms with Crippen LogP contribution in [0.2, 0.25) is 0 Å². The molecule has 140 valence electrons. The molecule has 1 amide bonds. The normalized spacial score (nSPS) is 11.3. The van der Waals surface area contributed by atoms with Gasteiger partial charge in [-0.1, -0.05) is 39.5 Å². The highest BCUT2D eigenvalue weighted by Crippen LogP contribution is 2.13. The Morgan fingerprint density at radius 2 is 1.88 bits per heavy atom. The molecule has 8 nitrogen and oxygen atoms in total. The van der Waals surface area contributed by atoms with E-state index in [9.17, 15) is 14.9 Å². The van der Waals surface area contributed by atoms with Crippen molar-refractivity contribution in [1.29, 1.82) is 0 Å². The summed E-state index contributed by atoms with van der Waals surface area (Å²) in [5.41, 5.74) is 2.44. The molecule has 0 aliphatic carbocycles. The fourth-order valence-electron chi connectivity index (χ4n) is 2.36. The summed E-state index contributed by atoms with van der Waals surface area (Å²) in [5, 5.41) is 14.3. The van der Waals surface area contributed by atoms with Crippen molar-refractivity contribution in [2.24, 2.45) is 5.10 Å². The van der Waals surface area contributed by atoms with Gasteiger partial charge in [0.2, 0.25) is 0 Å². The minimum atomic E-state index is -0.625. The summed E-state index contributed by atoms with van der Waals surface area (Å²) < 4.78 is 4.93. The molecular weight excluding hydrogens is 324 g/mol. The quantitative estimate of drug-likeness (QED) is 0.254. The van der Waals surface area contributed by atoms with Crippen LogP contribution in [-0.4, -0.2) is 41.6 Å². The van der Waals surface area contributed by atoms with Gasteiger partial charge in [-0.3, -0.25) is 19.8 Å². The van der Waals surface area contributed by atoms with E-state index in [1.165, 1.54) is 18.3 Å². The zero-order valence-electron chi connectivity index (χ0n) is 15.1. The molecule has 0 aromatic carbocycles. The van der Waals surface area contributed by atoms with Crippen molar-refractivity contribution < 1.29 is 14.1 Å². The third-order valence-corrected chi connectivity index (χ3v) is 3.70. The first-order chi connectivity index (χ1) is 12.1. The van der Waals surface area contributed by atoms with Gasteiger partial charge in [0.25, 0.3) is 5.91 Å². The Morgan fingerprint density at radius 3 is 2.40 bits per heavy atom. The number of rotatable bonds is 13. The smallest absolute Gasteiger partial charge is 0.400 e. The van der Waals surface area contributed by atoms with Gasteiger partial charge in [0, 0.05) is 0 Å². The summed E-state index contributed by atoms with van der Waals surface area (Å²) in [6.07, 6.45) is 8.01. The monoisotopic (exact) mass is 352 g/mol.